The van der Waals surface area contributed by atoms with Crippen molar-refractivity contribution in [2.45, 2.75) is 6.42 Å². The van der Waals surface area contributed by atoms with Crippen LogP contribution in [0.2, 0.25) is 0 Å². The highest BCUT2D eigenvalue weighted by molar-refractivity contribution is 9.10. The average molecular weight is 340 g/mol. The van der Waals surface area contributed by atoms with Crippen LogP contribution in [0.25, 0.3) is 0 Å². The SMILES string of the molecule is O=C(CBr)Cc1cccc(OCF)c1Br. The Morgan fingerprint density at radius 2 is 2.20 bits per heavy atom. The number of carbonyl (C=O) groups excluding carboxylic acids is 1. The molecule has 0 aliphatic heterocycles. The molecule has 1 aromatic carbocycles. The first-order chi connectivity index (χ1) is 7.19. The lowest BCUT2D eigenvalue weighted by atomic mass is 10.1. The number of halogens is 3. The van der Waals surface area contributed by atoms with E-state index in [0.29, 0.717) is 22.0 Å². The Morgan fingerprint density at radius 3 is 2.80 bits per heavy atom. The number of alkyl halides is 2. The largest absolute Gasteiger partial charge is 0.462 e. The van der Waals surface area contributed by atoms with Crippen LogP contribution in [0.4, 0.5) is 4.39 Å². The van der Waals surface area contributed by atoms with Crippen molar-refractivity contribution in [1.82, 2.24) is 0 Å². The summed E-state index contributed by atoms with van der Waals surface area (Å²) in [7, 11) is 0. The van der Waals surface area contributed by atoms with E-state index < -0.39 is 6.86 Å². The topological polar surface area (TPSA) is 26.3 Å². The van der Waals surface area contributed by atoms with Crippen LogP contribution in [0.3, 0.4) is 0 Å². The monoisotopic (exact) mass is 338 g/mol. The van der Waals surface area contributed by atoms with Gasteiger partial charge in [0.15, 0.2) is 0 Å². The summed E-state index contributed by atoms with van der Waals surface area (Å²) in [6.45, 7) is -0.881. The Kier molecular flexibility index (Phi) is 5.25. The number of ketones is 1. The van der Waals surface area contributed by atoms with Gasteiger partial charge in [-0.1, -0.05) is 28.1 Å². The van der Waals surface area contributed by atoms with Gasteiger partial charge < -0.3 is 4.74 Å². The Morgan fingerprint density at radius 1 is 1.47 bits per heavy atom. The van der Waals surface area contributed by atoms with Crippen LogP contribution >= 0.6 is 31.9 Å². The summed E-state index contributed by atoms with van der Waals surface area (Å²) >= 11 is 6.37. The third kappa shape index (κ3) is 3.57. The van der Waals surface area contributed by atoms with Crippen molar-refractivity contribution < 1.29 is 13.9 Å². The number of carbonyl (C=O) groups is 1. The maximum Gasteiger partial charge on any atom is 0.228 e. The van der Waals surface area contributed by atoms with Gasteiger partial charge in [0, 0.05) is 6.42 Å². The van der Waals surface area contributed by atoms with Gasteiger partial charge in [0.2, 0.25) is 6.86 Å². The molecule has 0 aliphatic carbocycles. The van der Waals surface area contributed by atoms with Crippen LogP contribution in [-0.4, -0.2) is 18.0 Å². The van der Waals surface area contributed by atoms with Gasteiger partial charge in [-0.2, -0.15) is 0 Å². The lowest BCUT2D eigenvalue weighted by Gasteiger charge is -2.08. The minimum absolute atomic E-state index is 0.0631. The van der Waals surface area contributed by atoms with E-state index in [4.69, 9.17) is 4.74 Å². The summed E-state index contributed by atoms with van der Waals surface area (Å²) < 4.78 is 17.4. The van der Waals surface area contributed by atoms with Crippen molar-refractivity contribution in [3.8, 4) is 5.75 Å². The molecule has 0 aromatic heterocycles. The summed E-state index contributed by atoms with van der Waals surface area (Å²) in [5, 5.41) is 0.313. The predicted octanol–water partition coefficient (Wildman–Crippen LogP) is 3.26. The van der Waals surface area contributed by atoms with Crippen LogP contribution in [0.1, 0.15) is 5.56 Å². The van der Waals surface area contributed by atoms with Crippen molar-refractivity contribution >= 4 is 37.6 Å². The molecule has 1 aromatic rings. The molecule has 0 unspecified atom stereocenters. The van der Waals surface area contributed by atoms with Crippen LogP contribution in [-0.2, 0) is 11.2 Å². The molecule has 0 amide bonds. The molecule has 0 saturated carbocycles. The van der Waals surface area contributed by atoms with Crippen molar-refractivity contribution in [2.75, 3.05) is 12.2 Å². The Hall–Kier alpha value is -0.420. The number of Topliss-reactive ketones (excluding diaryl/α,β-unsaturated/α-hetero) is 1. The van der Waals surface area contributed by atoms with E-state index in [2.05, 4.69) is 31.9 Å². The molecular formula is C10H9Br2FO2. The number of rotatable bonds is 5. The first-order valence-corrected chi connectivity index (χ1v) is 6.14. The van der Waals surface area contributed by atoms with Gasteiger partial charge >= 0.3 is 0 Å². The summed E-state index contributed by atoms with van der Waals surface area (Å²) in [5.41, 5.74) is 0.797. The van der Waals surface area contributed by atoms with E-state index in [-0.39, 0.29) is 5.78 Å². The molecule has 0 saturated heterocycles. The summed E-state index contributed by atoms with van der Waals surface area (Å²) in [4.78, 5) is 11.2. The zero-order valence-corrected chi connectivity index (χ0v) is 11.0. The second-order valence-electron chi connectivity index (χ2n) is 2.83. The standard InChI is InChI=1S/C10H9Br2FO2/c11-5-8(14)4-7-2-1-3-9(10(7)12)15-6-13/h1-3H,4-6H2. The van der Waals surface area contributed by atoms with Crippen molar-refractivity contribution in [1.29, 1.82) is 0 Å². The molecule has 0 heterocycles. The Labute approximate surface area is 104 Å². The van der Waals surface area contributed by atoms with E-state index in [1.807, 2.05) is 0 Å². The van der Waals surface area contributed by atoms with Crippen molar-refractivity contribution in [3.63, 3.8) is 0 Å². The molecule has 0 aliphatic rings. The summed E-state index contributed by atoms with van der Waals surface area (Å²) in [6.07, 6.45) is 0.301. The zero-order valence-electron chi connectivity index (χ0n) is 7.80. The van der Waals surface area contributed by atoms with Crippen LogP contribution in [0, 0.1) is 0 Å². The number of ether oxygens (including phenoxy) is 1. The van der Waals surface area contributed by atoms with E-state index in [1.54, 1.807) is 18.2 Å². The van der Waals surface area contributed by atoms with Crippen LogP contribution in [0.15, 0.2) is 22.7 Å². The maximum absolute atomic E-state index is 12.0. The highest BCUT2D eigenvalue weighted by atomic mass is 79.9. The third-order valence-corrected chi connectivity index (χ3v) is 3.32. The molecule has 0 N–H and O–H groups in total. The van der Waals surface area contributed by atoms with E-state index in [0.717, 1.165) is 5.56 Å². The zero-order chi connectivity index (χ0) is 11.3. The molecule has 0 atom stereocenters. The first kappa shape index (κ1) is 12.6. The first-order valence-electron chi connectivity index (χ1n) is 4.23. The Bertz CT molecular complexity index is 355. The third-order valence-electron chi connectivity index (χ3n) is 1.79. The normalized spacial score (nSPS) is 10.1. The number of hydrogen-bond acceptors (Lipinski definition) is 2. The van der Waals surface area contributed by atoms with Crippen LogP contribution in [0.5, 0.6) is 5.75 Å². The quantitative estimate of drug-likeness (QED) is 0.770. The van der Waals surface area contributed by atoms with Gasteiger partial charge in [-0.3, -0.25) is 4.79 Å². The maximum atomic E-state index is 12.0. The summed E-state index contributed by atoms with van der Waals surface area (Å²) in [5.74, 6) is 0.477. The number of benzene rings is 1. The fraction of sp³-hybridized carbons (Fsp3) is 0.300. The van der Waals surface area contributed by atoms with Gasteiger partial charge in [0.25, 0.3) is 0 Å². The molecule has 2 nitrogen and oxygen atoms in total. The fourth-order valence-electron chi connectivity index (χ4n) is 1.12. The lowest BCUT2D eigenvalue weighted by molar-refractivity contribution is -0.115. The van der Waals surface area contributed by atoms with Crippen molar-refractivity contribution in [3.05, 3.63) is 28.2 Å². The van der Waals surface area contributed by atoms with E-state index in [1.165, 1.54) is 0 Å². The number of hydrogen-bond donors (Lipinski definition) is 0. The highest BCUT2D eigenvalue weighted by Gasteiger charge is 2.09. The second-order valence-corrected chi connectivity index (χ2v) is 4.19. The second kappa shape index (κ2) is 6.23. The minimum atomic E-state index is -0.881. The minimum Gasteiger partial charge on any atom is -0.462 e. The van der Waals surface area contributed by atoms with E-state index in [9.17, 15) is 9.18 Å². The van der Waals surface area contributed by atoms with E-state index >= 15 is 0 Å². The van der Waals surface area contributed by atoms with Gasteiger partial charge in [-0.05, 0) is 27.6 Å². The molecule has 5 heteroatoms. The van der Waals surface area contributed by atoms with Crippen LogP contribution < -0.4 is 4.74 Å². The van der Waals surface area contributed by atoms with Crippen molar-refractivity contribution in [2.24, 2.45) is 0 Å². The van der Waals surface area contributed by atoms with Gasteiger partial charge in [0.05, 0.1) is 9.80 Å². The fourth-order valence-corrected chi connectivity index (χ4v) is 1.84. The van der Waals surface area contributed by atoms with Gasteiger partial charge in [-0.25, -0.2) is 4.39 Å². The molecule has 1 rings (SSSR count). The molecule has 82 valence electrons. The van der Waals surface area contributed by atoms with Gasteiger partial charge in [0.1, 0.15) is 11.5 Å². The highest BCUT2D eigenvalue weighted by Crippen LogP contribution is 2.29. The molecule has 15 heavy (non-hydrogen) atoms. The molecule has 0 spiro atoms. The molecular weight excluding hydrogens is 331 g/mol. The molecule has 0 bridgehead atoms. The summed E-state index contributed by atoms with van der Waals surface area (Å²) in [6, 6.07) is 5.17. The molecule has 0 radical (unpaired) electrons. The van der Waals surface area contributed by atoms with Gasteiger partial charge in [-0.15, -0.1) is 0 Å². The smallest absolute Gasteiger partial charge is 0.228 e. The Balaban J connectivity index is 2.88. The average Bonchev–Trinajstić information content (AvgIpc) is 2.24. The predicted molar refractivity (Wildman–Crippen MR) is 63.3 cm³/mol. The molecule has 0 fully saturated rings. The lowest BCUT2D eigenvalue weighted by Crippen LogP contribution is -2.04.